The molecular weight excluding hydrogens is 475 g/mol. The molecule has 0 spiro atoms. The summed E-state index contributed by atoms with van der Waals surface area (Å²) >= 11 is 2.46. The highest BCUT2D eigenvalue weighted by Crippen LogP contribution is 2.71. The summed E-state index contributed by atoms with van der Waals surface area (Å²) in [6.45, 7) is 2.02. The zero-order chi connectivity index (χ0) is 23.4. The smallest absolute Gasteiger partial charge is 0.364 e. The van der Waals surface area contributed by atoms with Crippen molar-refractivity contribution < 1.29 is 14.0 Å². The Labute approximate surface area is 199 Å². The molecule has 4 aromatic carbocycles. The molecule has 0 fully saturated rings. The first kappa shape index (κ1) is 23.2. The molecule has 4 rings (SSSR count). The minimum Gasteiger partial charge on any atom is -0.429 e. The summed E-state index contributed by atoms with van der Waals surface area (Å²) in [5.74, 6) is -2.03. The molecule has 0 N–H and O–H groups in total. The SMILES string of the molecule is CCCSP(=O)(Oc1ccc2cc3ccc([N+](=O)[O-])cc3cc2c1)Sc1ccc(C#N)cc1. The van der Waals surface area contributed by atoms with Crippen LogP contribution in [0, 0.1) is 21.4 Å². The molecule has 0 aliphatic rings. The first-order valence-electron chi connectivity index (χ1n) is 10.1. The normalized spacial score (nSPS) is 12.8. The van der Waals surface area contributed by atoms with E-state index in [0.29, 0.717) is 17.1 Å². The van der Waals surface area contributed by atoms with E-state index in [0.717, 1.165) is 32.9 Å². The van der Waals surface area contributed by atoms with Crippen molar-refractivity contribution in [1.29, 1.82) is 5.26 Å². The summed E-state index contributed by atoms with van der Waals surface area (Å²) in [4.78, 5) is 11.5. The van der Waals surface area contributed by atoms with Gasteiger partial charge in [-0.05, 0) is 105 Å². The van der Waals surface area contributed by atoms with Crippen molar-refractivity contribution >= 4 is 55.8 Å². The van der Waals surface area contributed by atoms with Crippen LogP contribution in [-0.4, -0.2) is 10.7 Å². The molecule has 4 aromatic rings. The molecule has 1 unspecified atom stereocenters. The molecule has 0 amide bonds. The quantitative estimate of drug-likeness (QED) is 0.105. The van der Waals surface area contributed by atoms with E-state index in [9.17, 15) is 14.7 Å². The summed E-state index contributed by atoms with van der Waals surface area (Å²) in [5.41, 5.74) is 0.576. The van der Waals surface area contributed by atoms with E-state index in [-0.39, 0.29) is 5.69 Å². The molecule has 33 heavy (non-hydrogen) atoms. The number of hydrogen-bond acceptors (Lipinski definition) is 7. The summed E-state index contributed by atoms with van der Waals surface area (Å²) < 4.78 is 19.8. The second kappa shape index (κ2) is 9.88. The topological polar surface area (TPSA) is 93.2 Å². The number of non-ortho nitro benzene ring substituents is 1. The van der Waals surface area contributed by atoms with Gasteiger partial charge in [-0.2, -0.15) is 5.26 Å². The van der Waals surface area contributed by atoms with Gasteiger partial charge in [0, 0.05) is 22.8 Å². The Balaban J connectivity index is 1.66. The summed E-state index contributed by atoms with van der Waals surface area (Å²) in [6, 6.07) is 23.1. The lowest BCUT2D eigenvalue weighted by Crippen LogP contribution is -1.90. The Morgan fingerprint density at radius 1 is 0.970 bits per heavy atom. The van der Waals surface area contributed by atoms with Crippen LogP contribution in [0.3, 0.4) is 0 Å². The molecule has 0 aromatic heterocycles. The van der Waals surface area contributed by atoms with Crippen LogP contribution in [0.4, 0.5) is 5.69 Å². The number of nitrogens with zero attached hydrogens (tertiary/aromatic N) is 2. The second-order valence-corrected chi connectivity index (χ2v) is 14.5. The van der Waals surface area contributed by atoms with Gasteiger partial charge in [-0.25, -0.2) is 0 Å². The maximum absolute atomic E-state index is 13.7. The van der Waals surface area contributed by atoms with Crippen molar-refractivity contribution in [2.45, 2.75) is 18.2 Å². The van der Waals surface area contributed by atoms with Crippen LogP contribution in [0.2, 0.25) is 0 Å². The maximum atomic E-state index is 13.7. The molecule has 0 radical (unpaired) electrons. The molecule has 1 atom stereocenters. The van der Waals surface area contributed by atoms with Crippen LogP contribution < -0.4 is 4.52 Å². The van der Waals surface area contributed by atoms with Crippen molar-refractivity contribution in [1.82, 2.24) is 0 Å². The summed E-state index contributed by atoms with van der Waals surface area (Å²) in [5, 5.41) is 23.6. The van der Waals surface area contributed by atoms with E-state index in [1.807, 2.05) is 31.2 Å². The Morgan fingerprint density at radius 2 is 1.64 bits per heavy atom. The van der Waals surface area contributed by atoms with Gasteiger partial charge in [-0.15, -0.1) is 0 Å². The Hall–Kier alpha value is -2.98. The third-order valence-corrected chi connectivity index (χ3v) is 11.7. The Kier molecular flexibility index (Phi) is 6.94. The first-order chi connectivity index (χ1) is 15.9. The van der Waals surface area contributed by atoms with Gasteiger partial charge in [0.1, 0.15) is 5.75 Å². The number of rotatable bonds is 8. The van der Waals surface area contributed by atoms with E-state index in [4.69, 9.17) is 9.79 Å². The maximum Gasteiger partial charge on any atom is 0.364 e. The highest BCUT2D eigenvalue weighted by molar-refractivity contribution is 8.89. The number of benzene rings is 4. The van der Waals surface area contributed by atoms with Gasteiger partial charge >= 0.3 is 5.77 Å². The third kappa shape index (κ3) is 5.51. The van der Waals surface area contributed by atoms with E-state index in [1.54, 1.807) is 42.5 Å². The third-order valence-electron chi connectivity index (χ3n) is 4.83. The lowest BCUT2D eigenvalue weighted by Gasteiger charge is -2.18. The zero-order valence-electron chi connectivity index (χ0n) is 17.6. The fourth-order valence-corrected chi connectivity index (χ4v) is 9.92. The van der Waals surface area contributed by atoms with Crippen molar-refractivity contribution in [2.24, 2.45) is 0 Å². The fraction of sp³-hybridized carbons (Fsp3) is 0.125. The van der Waals surface area contributed by atoms with Gasteiger partial charge in [0.2, 0.25) is 0 Å². The van der Waals surface area contributed by atoms with Gasteiger partial charge < -0.3 is 4.52 Å². The number of nitriles is 1. The van der Waals surface area contributed by atoms with Gasteiger partial charge in [0.05, 0.1) is 16.6 Å². The van der Waals surface area contributed by atoms with Crippen LogP contribution in [0.25, 0.3) is 21.5 Å². The van der Waals surface area contributed by atoms with Gasteiger partial charge in [0.15, 0.2) is 0 Å². The lowest BCUT2D eigenvalue weighted by molar-refractivity contribution is -0.384. The highest BCUT2D eigenvalue weighted by Gasteiger charge is 2.27. The standard InChI is InChI=1S/C24H19N2O4PS2/c1-2-11-32-31(29,33-24-9-3-17(16-25)4-10-24)30-23-8-6-19-12-18-5-7-22(26(27)28)14-20(18)13-21(19)15-23/h3-10,12-15H,2,11H2,1H3. The van der Waals surface area contributed by atoms with E-state index < -0.39 is 10.7 Å². The summed E-state index contributed by atoms with van der Waals surface area (Å²) in [6.07, 6.45) is 0.856. The predicted molar refractivity (Wildman–Crippen MR) is 136 cm³/mol. The van der Waals surface area contributed by atoms with Crippen molar-refractivity contribution in [3.05, 3.63) is 88.5 Å². The first-order valence-corrected chi connectivity index (χ1v) is 14.8. The molecular formula is C24H19N2O4PS2. The largest absolute Gasteiger partial charge is 0.429 e. The molecule has 6 nitrogen and oxygen atoms in total. The van der Waals surface area contributed by atoms with Gasteiger partial charge in [0.25, 0.3) is 5.69 Å². The molecule has 0 saturated heterocycles. The van der Waals surface area contributed by atoms with Crippen LogP contribution in [0.1, 0.15) is 18.9 Å². The minimum atomic E-state index is -3.19. The molecule has 0 saturated carbocycles. The van der Waals surface area contributed by atoms with Crippen LogP contribution in [0.5, 0.6) is 5.75 Å². The van der Waals surface area contributed by atoms with Gasteiger partial charge in [-0.1, -0.05) is 13.0 Å². The Bertz CT molecular complexity index is 1430. The molecule has 9 heteroatoms. The number of fused-ring (bicyclic) bond motifs is 2. The van der Waals surface area contributed by atoms with Crippen molar-refractivity contribution in [2.75, 3.05) is 5.75 Å². The monoisotopic (exact) mass is 494 g/mol. The number of nitro benzene ring substituents is 1. The van der Waals surface area contributed by atoms with Crippen LogP contribution >= 0.6 is 28.5 Å². The summed E-state index contributed by atoms with van der Waals surface area (Å²) in [7, 11) is 0. The van der Waals surface area contributed by atoms with Gasteiger partial charge in [-0.3, -0.25) is 14.7 Å². The van der Waals surface area contributed by atoms with E-state index in [2.05, 4.69) is 6.07 Å². The molecule has 166 valence electrons. The Morgan fingerprint density at radius 3 is 2.30 bits per heavy atom. The molecule has 0 heterocycles. The second-order valence-electron chi connectivity index (χ2n) is 7.25. The molecule has 0 aliphatic carbocycles. The van der Waals surface area contributed by atoms with Crippen LogP contribution in [-0.2, 0) is 4.57 Å². The lowest BCUT2D eigenvalue weighted by atomic mass is 10.0. The predicted octanol–water partition coefficient (Wildman–Crippen LogP) is 8.20. The minimum absolute atomic E-state index is 0.0357. The average molecular weight is 495 g/mol. The number of hydrogen-bond donors (Lipinski definition) is 0. The molecule has 0 bridgehead atoms. The molecule has 0 aliphatic heterocycles. The van der Waals surface area contributed by atoms with E-state index in [1.165, 1.54) is 28.8 Å². The van der Waals surface area contributed by atoms with E-state index >= 15 is 0 Å². The number of nitro groups is 1. The zero-order valence-corrected chi connectivity index (χ0v) is 20.2. The highest BCUT2D eigenvalue weighted by atomic mass is 33.1. The average Bonchev–Trinajstić information content (AvgIpc) is 2.81. The van der Waals surface area contributed by atoms with Crippen molar-refractivity contribution in [3.8, 4) is 11.8 Å². The fourth-order valence-electron chi connectivity index (χ4n) is 3.26. The van der Waals surface area contributed by atoms with Crippen molar-refractivity contribution in [3.63, 3.8) is 0 Å². The van der Waals surface area contributed by atoms with Crippen LogP contribution in [0.15, 0.2) is 77.7 Å².